The maximum Gasteiger partial charge on any atom is 0.318 e. The topological polar surface area (TPSA) is 114 Å². The zero-order valence-electron chi connectivity index (χ0n) is 9.36. The summed E-state index contributed by atoms with van der Waals surface area (Å²) in [7, 11) is 0. The summed E-state index contributed by atoms with van der Waals surface area (Å²) < 4.78 is 5.02. The van der Waals surface area contributed by atoms with Crippen molar-refractivity contribution in [2.45, 2.75) is 19.4 Å². The molecular formula is C9H19N3O4. The quantitative estimate of drug-likeness (QED) is 0.383. The summed E-state index contributed by atoms with van der Waals surface area (Å²) in [5.41, 5.74) is 4.80. The van der Waals surface area contributed by atoms with Crippen LogP contribution in [0, 0.1) is 0 Å². The molecule has 5 N–H and O–H groups in total. The average Bonchev–Trinajstić information content (AvgIpc) is 2.21. The summed E-state index contributed by atoms with van der Waals surface area (Å²) in [5, 5.41) is 13.3. The molecule has 0 spiro atoms. The van der Waals surface area contributed by atoms with E-state index in [1.807, 2.05) is 5.32 Å². The van der Waals surface area contributed by atoms with Crippen LogP contribution < -0.4 is 16.4 Å². The highest BCUT2D eigenvalue weighted by atomic mass is 16.5. The van der Waals surface area contributed by atoms with Crippen molar-refractivity contribution in [2.75, 3.05) is 26.4 Å². The van der Waals surface area contributed by atoms with Crippen molar-refractivity contribution in [3.8, 4) is 0 Å². The summed E-state index contributed by atoms with van der Waals surface area (Å²) in [6, 6.07) is -1.34. The maximum atomic E-state index is 11.2. The number of urea groups is 1. The number of imide groups is 1. The van der Waals surface area contributed by atoms with E-state index in [9.17, 15) is 9.59 Å². The lowest BCUT2D eigenvalue weighted by Crippen LogP contribution is -2.46. The van der Waals surface area contributed by atoms with E-state index in [1.54, 1.807) is 6.92 Å². The van der Waals surface area contributed by atoms with Crippen molar-refractivity contribution in [1.29, 1.82) is 0 Å². The molecule has 0 rings (SSSR count). The molecular weight excluding hydrogens is 214 g/mol. The molecule has 0 aliphatic carbocycles. The fourth-order valence-electron chi connectivity index (χ4n) is 0.982. The molecule has 94 valence electrons. The average molecular weight is 233 g/mol. The number of carbonyl (C=O) groups is 2. The molecule has 0 aromatic carbocycles. The summed E-state index contributed by atoms with van der Waals surface area (Å²) in [4.78, 5) is 21.6. The Morgan fingerprint density at radius 1 is 1.44 bits per heavy atom. The minimum Gasteiger partial charge on any atom is -0.394 e. The monoisotopic (exact) mass is 233 g/mol. The predicted octanol–water partition coefficient (Wildman–Crippen LogP) is -1.44. The summed E-state index contributed by atoms with van der Waals surface area (Å²) in [5.74, 6) is -0.455. The molecule has 0 bridgehead atoms. The van der Waals surface area contributed by atoms with Gasteiger partial charge in [-0.15, -0.1) is 0 Å². The van der Waals surface area contributed by atoms with E-state index in [0.717, 1.165) is 0 Å². The van der Waals surface area contributed by atoms with Crippen LogP contribution >= 0.6 is 0 Å². The smallest absolute Gasteiger partial charge is 0.318 e. The third kappa shape index (κ3) is 8.16. The number of carbonyl (C=O) groups excluding carboxylic acids is 2. The van der Waals surface area contributed by atoms with E-state index in [0.29, 0.717) is 26.2 Å². The van der Waals surface area contributed by atoms with Gasteiger partial charge in [0.15, 0.2) is 0 Å². The van der Waals surface area contributed by atoms with Crippen LogP contribution in [0.3, 0.4) is 0 Å². The van der Waals surface area contributed by atoms with Gasteiger partial charge >= 0.3 is 6.03 Å². The largest absolute Gasteiger partial charge is 0.394 e. The normalized spacial score (nSPS) is 12.1. The molecule has 1 atom stereocenters. The second-order valence-electron chi connectivity index (χ2n) is 3.22. The van der Waals surface area contributed by atoms with Crippen LogP contribution in [0.4, 0.5) is 4.79 Å². The van der Waals surface area contributed by atoms with Gasteiger partial charge in [-0.25, -0.2) is 4.79 Å². The van der Waals surface area contributed by atoms with Crippen molar-refractivity contribution in [3.63, 3.8) is 0 Å². The number of nitrogens with two attached hydrogens (primary N) is 1. The van der Waals surface area contributed by atoms with E-state index in [-0.39, 0.29) is 6.61 Å². The lowest BCUT2D eigenvalue weighted by molar-refractivity contribution is -0.121. The Morgan fingerprint density at radius 2 is 2.12 bits per heavy atom. The lowest BCUT2D eigenvalue weighted by atomic mass is 10.3. The number of amides is 3. The third-order valence-electron chi connectivity index (χ3n) is 1.79. The first-order valence-corrected chi connectivity index (χ1v) is 5.10. The van der Waals surface area contributed by atoms with Crippen LogP contribution in [0.5, 0.6) is 0 Å². The standard InChI is InChI=1S/C9H19N3O4/c1-7(8(14)12-9(10)15)11-3-2-5-16-6-4-13/h7,11,13H,2-6H2,1H3,(H3,10,12,14,15). The van der Waals surface area contributed by atoms with Crippen LogP contribution in [0.2, 0.25) is 0 Å². The Hall–Kier alpha value is -1.18. The Kier molecular flexibility index (Phi) is 8.41. The molecule has 0 aliphatic rings. The second kappa shape index (κ2) is 9.08. The number of primary amides is 1. The van der Waals surface area contributed by atoms with E-state index in [4.69, 9.17) is 15.6 Å². The molecule has 0 radical (unpaired) electrons. The van der Waals surface area contributed by atoms with E-state index in [1.165, 1.54) is 0 Å². The predicted molar refractivity (Wildman–Crippen MR) is 57.7 cm³/mol. The summed E-state index contributed by atoms with van der Waals surface area (Å²) in [6.07, 6.45) is 0.716. The zero-order chi connectivity index (χ0) is 12.4. The molecule has 16 heavy (non-hydrogen) atoms. The number of aliphatic hydroxyl groups excluding tert-OH is 1. The Labute approximate surface area is 94.3 Å². The minimum absolute atomic E-state index is 0.00481. The highest BCUT2D eigenvalue weighted by molar-refractivity contribution is 5.96. The molecule has 3 amide bonds. The van der Waals surface area contributed by atoms with E-state index < -0.39 is 18.0 Å². The molecule has 0 fully saturated rings. The van der Waals surface area contributed by atoms with Gasteiger partial charge in [-0.2, -0.15) is 0 Å². The van der Waals surface area contributed by atoms with Gasteiger partial charge in [-0.1, -0.05) is 0 Å². The number of ether oxygens (including phenoxy) is 1. The van der Waals surface area contributed by atoms with E-state index >= 15 is 0 Å². The lowest BCUT2D eigenvalue weighted by Gasteiger charge is -2.12. The zero-order valence-corrected chi connectivity index (χ0v) is 9.36. The Morgan fingerprint density at radius 3 is 2.69 bits per heavy atom. The van der Waals surface area contributed by atoms with Crippen LogP contribution in [-0.4, -0.2) is 49.5 Å². The molecule has 0 heterocycles. The third-order valence-corrected chi connectivity index (χ3v) is 1.79. The SMILES string of the molecule is CC(NCCCOCCO)C(=O)NC(N)=O. The molecule has 0 aliphatic heterocycles. The van der Waals surface area contributed by atoms with Gasteiger partial charge in [0.1, 0.15) is 0 Å². The van der Waals surface area contributed by atoms with Crippen molar-refractivity contribution < 1.29 is 19.4 Å². The van der Waals surface area contributed by atoms with Crippen LogP contribution in [0.25, 0.3) is 0 Å². The molecule has 0 aromatic heterocycles. The number of nitrogens with one attached hydrogen (secondary N) is 2. The van der Waals surface area contributed by atoms with Gasteiger partial charge in [-0.3, -0.25) is 10.1 Å². The van der Waals surface area contributed by atoms with E-state index in [2.05, 4.69) is 5.32 Å². The fourth-order valence-corrected chi connectivity index (χ4v) is 0.982. The van der Waals surface area contributed by atoms with Crippen LogP contribution in [-0.2, 0) is 9.53 Å². The molecule has 1 unspecified atom stereocenters. The fraction of sp³-hybridized carbons (Fsp3) is 0.778. The molecule has 7 nitrogen and oxygen atoms in total. The molecule has 0 saturated heterocycles. The first-order chi connectivity index (χ1) is 7.57. The number of aliphatic hydroxyl groups is 1. The second-order valence-corrected chi connectivity index (χ2v) is 3.22. The van der Waals surface area contributed by atoms with Gasteiger partial charge in [-0.05, 0) is 19.9 Å². The number of hydrogen-bond acceptors (Lipinski definition) is 5. The number of hydrogen-bond donors (Lipinski definition) is 4. The van der Waals surface area contributed by atoms with Gasteiger partial charge < -0.3 is 20.9 Å². The maximum absolute atomic E-state index is 11.2. The highest BCUT2D eigenvalue weighted by Gasteiger charge is 2.12. The summed E-state index contributed by atoms with van der Waals surface area (Å²) >= 11 is 0. The first kappa shape index (κ1) is 14.8. The van der Waals surface area contributed by atoms with Crippen molar-refractivity contribution in [3.05, 3.63) is 0 Å². The minimum atomic E-state index is -0.857. The Balaban J connectivity index is 3.46. The van der Waals surface area contributed by atoms with Crippen molar-refractivity contribution >= 4 is 11.9 Å². The summed E-state index contributed by atoms with van der Waals surface area (Å²) in [6.45, 7) is 3.05. The van der Waals surface area contributed by atoms with Gasteiger partial charge in [0.2, 0.25) is 5.91 Å². The van der Waals surface area contributed by atoms with Crippen molar-refractivity contribution in [1.82, 2.24) is 10.6 Å². The highest BCUT2D eigenvalue weighted by Crippen LogP contribution is 1.85. The van der Waals surface area contributed by atoms with Crippen LogP contribution in [0.15, 0.2) is 0 Å². The van der Waals surface area contributed by atoms with Gasteiger partial charge in [0.05, 0.1) is 19.3 Å². The van der Waals surface area contributed by atoms with Gasteiger partial charge in [0.25, 0.3) is 0 Å². The van der Waals surface area contributed by atoms with Gasteiger partial charge in [0, 0.05) is 6.61 Å². The molecule has 7 heteroatoms. The molecule has 0 aromatic rings. The molecule has 0 saturated carbocycles. The first-order valence-electron chi connectivity index (χ1n) is 5.10. The van der Waals surface area contributed by atoms with Crippen molar-refractivity contribution in [2.24, 2.45) is 5.73 Å². The van der Waals surface area contributed by atoms with Crippen LogP contribution in [0.1, 0.15) is 13.3 Å². The Bertz CT molecular complexity index is 223. The number of rotatable bonds is 8.